The molecule has 0 bridgehead atoms. The fourth-order valence-corrected chi connectivity index (χ4v) is 2.06. The number of carbonyl (C=O) groups excluding carboxylic acids is 4. The van der Waals surface area contributed by atoms with Crippen LogP contribution in [0.25, 0.3) is 0 Å². The minimum absolute atomic E-state index is 0.191. The van der Waals surface area contributed by atoms with E-state index >= 15 is 0 Å². The van der Waals surface area contributed by atoms with Crippen LogP contribution in [0.5, 0.6) is 0 Å². The predicted molar refractivity (Wildman–Crippen MR) is 96.1 cm³/mol. The molecule has 0 aliphatic heterocycles. The Morgan fingerprint density at radius 3 is 1.96 bits per heavy atom. The summed E-state index contributed by atoms with van der Waals surface area (Å²) in [6.07, 6.45) is -0.342. The van der Waals surface area contributed by atoms with Crippen LogP contribution in [0, 0.1) is 0 Å². The number of hydrogen-bond donors (Lipinski definition) is 2. The molecule has 7 nitrogen and oxygen atoms in total. The second-order valence-electron chi connectivity index (χ2n) is 5.54. The summed E-state index contributed by atoms with van der Waals surface area (Å²) < 4.78 is 5.12. The third kappa shape index (κ3) is 5.27. The summed E-state index contributed by atoms with van der Waals surface area (Å²) in [6.45, 7) is 2.86. The van der Waals surface area contributed by atoms with Crippen molar-refractivity contribution in [2.75, 3.05) is 10.6 Å². The molecule has 0 aromatic heterocycles. The molecule has 2 aromatic rings. The van der Waals surface area contributed by atoms with E-state index in [-0.39, 0.29) is 11.5 Å². The molecule has 134 valence electrons. The summed E-state index contributed by atoms with van der Waals surface area (Å²) in [5, 5.41) is 5.24. The highest BCUT2D eigenvalue weighted by Crippen LogP contribution is 2.14. The second kappa shape index (κ2) is 8.57. The SMILES string of the molecule is CC(=O)Nc1ccc(NC(=O)C(C)OC(=O)c2ccc(C=O)cc2)cc1. The van der Waals surface area contributed by atoms with E-state index in [4.69, 9.17) is 4.74 Å². The molecule has 26 heavy (non-hydrogen) atoms. The molecule has 1 atom stereocenters. The van der Waals surface area contributed by atoms with Crippen LogP contribution in [-0.2, 0) is 14.3 Å². The maximum Gasteiger partial charge on any atom is 0.338 e. The summed E-state index contributed by atoms with van der Waals surface area (Å²) in [6, 6.07) is 12.4. The number of carbonyl (C=O) groups is 4. The molecule has 2 N–H and O–H groups in total. The minimum Gasteiger partial charge on any atom is -0.449 e. The van der Waals surface area contributed by atoms with E-state index in [9.17, 15) is 19.2 Å². The summed E-state index contributed by atoms with van der Waals surface area (Å²) in [5.41, 5.74) is 1.79. The van der Waals surface area contributed by atoms with Crippen LogP contribution in [0.3, 0.4) is 0 Å². The quantitative estimate of drug-likeness (QED) is 0.613. The summed E-state index contributed by atoms with van der Waals surface area (Å²) in [7, 11) is 0. The van der Waals surface area contributed by atoms with Gasteiger partial charge in [-0.05, 0) is 43.3 Å². The van der Waals surface area contributed by atoms with Gasteiger partial charge in [0.05, 0.1) is 5.56 Å². The first-order valence-corrected chi connectivity index (χ1v) is 7.84. The number of anilines is 2. The van der Waals surface area contributed by atoms with Crippen molar-refractivity contribution in [1.29, 1.82) is 0 Å². The molecule has 2 rings (SSSR count). The summed E-state index contributed by atoms with van der Waals surface area (Å²) in [4.78, 5) is 45.8. The highest BCUT2D eigenvalue weighted by Gasteiger charge is 2.19. The van der Waals surface area contributed by atoms with Crippen LogP contribution < -0.4 is 10.6 Å². The van der Waals surface area contributed by atoms with E-state index in [1.807, 2.05) is 0 Å². The van der Waals surface area contributed by atoms with E-state index in [2.05, 4.69) is 10.6 Å². The molecular formula is C19H18N2O5. The molecule has 7 heteroatoms. The second-order valence-corrected chi connectivity index (χ2v) is 5.54. The van der Waals surface area contributed by atoms with Gasteiger partial charge >= 0.3 is 5.97 Å². The van der Waals surface area contributed by atoms with Crippen LogP contribution >= 0.6 is 0 Å². The van der Waals surface area contributed by atoms with Crippen molar-refractivity contribution in [3.63, 3.8) is 0 Å². The highest BCUT2D eigenvalue weighted by atomic mass is 16.5. The average molecular weight is 354 g/mol. The smallest absolute Gasteiger partial charge is 0.338 e. The number of esters is 1. The van der Waals surface area contributed by atoms with Crippen molar-refractivity contribution in [2.45, 2.75) is 20.0 Å². The summed E-state index contributed by atoms with van der Waals surface area (Å²) in [5.74, 6) is -1.34. The van der Waals surface area contributed by atoms with Crippen LogP contribution in [0.4, 0.5) is 11.4 Å². The van der Waals surface area contributed by atoms with Gasteiger partial charge in [-0.1, -0.05) is 12.1 Å². The first kappa shape index (κ1) is 18.9. The maximum absolute atomic E-state index is 12.1. The number of rotatable bonds is 6. The van der Waals surface area contributed by atoms with Gasteiger partial charge in [0.15, 0.2) is 6.10 Å². The van der Waals surface area contributed by atoms with Crippen molar-refractivity contribution >= 4 is 35.4 Å². The Hall–Kier alpha value is -3.48. The van der Waals surface area contributed by atoms with Crippen molar-refractivity contribution in [2.24, 2.45) is 0 Å². The third-order valence-corrected chi connectivity index (χ3v) is 3.41. The average Bonchev–Trinajstić information content (AvgIpc) is 2.62. The third-order valence-electron chi connectivity index (χ3n) is 3.41. The molecule has 1 unspecified atom stereocenters. The lowest BCUT2D eigenvalue weighted by Gasteiger charge is -2.14. The Morgan fingerprint density at radius 1 is 0.923 bits per heavy atom. The van der Waals surface area contributed by atoms with E-state index in [0.29, 0.717) is 23.2 Å². The molecule has 0 heterocycles. The lowest BCUT2D eigenvalue weighted by Crippen LogP contribution is -2.30. The van der Waals surface area contributed by atoms with Gasteiger partial charge in [-0.15, -0.1) is 0 Å². The van der Waals surface area contributed by atoms with Crippen molar-refractivity contribution in [3.8, 4) is 0 Å². The van der Waals surface area contributed by atoms with Crippen molar-refractivity contribution in [3.05, 3.63) is 59.7 Å². The summed E-state index contributed by atoms with van der Waals surface area (Å²) >= 11 is 0. The standard InChI is InChI=1S/C19H18N2O5/c1-12(26-19(25)15-5-3-14(11-22)4-6-15)18(24)21-17-9-7-16(8-10-17)20-13(2)23/h3-12H,1-2H3,(H,20,23)(H,21,24). The van der Waals surface area contributed by atoms with Gasteiger partial charge in [-0.2, -0.15) is 0 Å². The number of amides is 2. The molecule has 0 saturated heterocycles. The molecule has 2 aromatic carbocycles. The normalized spacial score (nSPS) is 11.2. The lowest BCUT2D eigenvalue weighted by molar-refractivity contribution is -0.123. The van der Waals surface area contributed by atoms with Crippen LogP contribution in [0.15, 0.2) is 48.5 Å². The van der Waals surface area contributed by atoms with Gasteiger partial charge in [-0.3, -0.25) is 14.4 Å². The molecular weight excluding hydrogens is 336 g/mol. The fourth-order valence-electron chi connectivity index (χ4n) is 2.06. The monoisotopic (exact) mass is 354 g/mol. The van der Waals surface area contributed by atoms with Gasteiger partial charge in [0.2, 0.25) is 5.91 Å². The Kier molecular flexibility index (Phi) is 6.21. The van der Waals surface area contributed by atoms with E-state index < -0.39 is 18.0 Å². The van der Waals surface area contributed by atoms with E-state index in [1.54, 1.807) is 24.3 Å². The Balaban J connectivity index is 1.92. The van der Waals surface area contributed by atoms with Crippen molar-refractivity contribution < 1.29 is 23.9 Å². The number of ether oxygens (including phenoxy) is 1. The maximum atomic E-state index is 12.1. The number of aldehydes is 1. The van der Waals surface area contributed by atoms with Gasteiger partial charge in [0, 0.05) is 23.9 Å². The molecule has 0 spiro atoms. The fraction of sp³-hybridized carbons (Fsp3) is 0.158. The highest BCUT2D eigenvalue weighted by molar-refractivity contribution is 5.97. The van der Waals surface area contributed by atoms with Crippen LogP contribution in [-0.4, -0.2) is 30.2 Å². The molecule has 2 amide bonds. The largest absolute Gasteiger partial charge is 0.449 e. The molecule has 0 saturated carbocycles. The van der Waals surface area contributed by atoms with Crippen LogP contribution in [0.1, 0.15) is 34.6 Å². The number of hydrogen-bond acceptors (Lipinski definition) is 5. The van der Waals surface area contributed by atoms with Crippen molar-refractivity contribution in [1.82, 2.24) is 0 Å². The molecule has 0 aliphatic carbocycles. The van der Waals surface area contributed by atoms with Gasteiger partial charge in [0.1, 0.15) is 6.29 Å². The Bertz CT molecular complexity index is 813. The molecule has 0 radical (unpaired) electrons. The molecule has 0 fully saturated rings. The lowest BCUT2D eigenvalue weighted by atomic mass is 10.1. The zero-order valence-corrected chi connectivity index (χ0v) is 14.3. The van der Waals surface area contributed by atoms with E-state index in [0.717, 1.165) is 0 Å². The Labute approximate surface area is 150 Å². The zero-order chi connectivity index (χ0) is 19.1. The predicted octanol–water partition coefficient (Wildman–Crippen LogP) is 2.64. The zero-order valence-electron chi connectivity index (χ0n) is 14.3. The first-order chi connectivity index (χ1) is 12.4. The van der Waals surface area contributed by atoms with E-state index in [1.165, 1.54) is 38.1 Å². The minimum atomic E-state index is -1.01. The number of benzene rings is 2. The first-order valence-electron chi connectivity index (χ1n) is 7.84. The number of nitrogens with one attached hydrogen (secondary N) is 2. The van der Waals surface area contributed by atoms with Gasteiger partial charge in [-0.25, -0.2) is 4.79 Å². The van der Waals surface area contributed by atoms with Crippen LogP contribution in [0.2, 0.25) is 0 Å². The Morgan fingerprint density at radius 2 is 1.46 bits per heavy atom. The topological polar surface area (TPSA) is 102 Å². The van der Waals surface area contributed by atoms with Gasteiger partial charge < -0.3 is 15.4 Å². The van der Waals surface area contributed by atoms with Gasteiger partial charge in [0.25, 0.3) is 5.91 Å². The molecule has 0 aliphatic rings.